The fraction of sp³-hybridized carbons (Fsp3) is 0.259. The Kier molecular flexibility index (Phi) is 21.8. The number of hydrogen-bond donors (Lipinski definition) is 0. The van der Waals surface area contributed by atoms with Crippen molar-refractivity contribution in [2.45, 2.75) is 66.2 Å². The quantitative estimate of drug-likeness (QED) is 0.00808. The Bertz CT molecular complexity index is 2340. The van der Waals surface area contributed by atoms with Crippen molar-refractivity contribution in [1.29, 1.82) is 0 Å². The number of carbonyl (C=O) groups excluding carboxylic acids is 6. The Labute approximate surface area is 396 Å². The number of ether oxygens (including phenoxy) is 6. The van der Waals surface area contributed by atoms with Gasteiger partial charge in [0.15, 0.2) is 11.6 Å². The smallest absolute Gasteiger partial charge is 0.347 e. The van der Waals surface area contributed by atoms with Crippen molar-refractivity contribution in [3.05, 3.63) is 156 Å². The number of carbonyl (C=O) groups is 6. The zero-order valence-corrected chi connectivity index (χ0v) is 38.8. The third kappa shape index (κ3) is 17.8. The average molecular weight is 925 g/mol. The van der Waals surface area contributed by atoms with Crippen molar-refractivity contribution in [3.8, 4) is 23.0 Å². The normalized spacial score (nSPS) is 11.8. The molecule has 0 aliphatic heterocycles. The van der Waals surface area contributed by atoms with Gasteiger partial charge >= 0.3 is 23.9 Å². The fourth-order valence-electron chi connectivity index (χ4n) is 6.05. The molecule has 0 saturated carbocycles. The molecular weight excluding hydrogens is 869 g/mol. The van der Waals surface area contributed by atoms with Crippen molar-refractivity contribution >= 4 is 59.0 Å². The van der Waals surface area contributed by atoms with Crippen LogP contribution in [0.5, 0.6) is 23.0 Å². The summed E-state index contributed by atoms with van der Waals surface area (Å²) in [5.74, 6) is -1.74. The predicted octanol–water partition coefficient (Wildman–Crippen LogP) is 9.63. The lowest BCUT2D eigenvalue weighted by molar-refractivity contribution is -0.138. The van der Waals surface area contributed by atoms with Crippen LogP contribution in [-0.2, 0) is 38.2 Å². The van der Waals surface area contributed by atoms with Crippen molar-refractivity contribution in [3.63, 3.8) is 0 Å². The second kappa shape index (κ2) is 28.1. The van der Waals surface area contributed by atoms with Crippen LogP contribution in [-0.4, -0.2) is 73.3 Å². The number of benzene rings is 4. The first kappa shape index (κ1) is 52.6. The molecule has 0 fully saturated rings. The van der Waals surface area contributed by atoms with Gasteiger partial charge in [0.05, 0.1) is 37.9 Å². The first-order valence-electron chi connectivity index (χ1n) is 22.1. The van der Waals surface area contributed by atoms with Crippen LogP contribution in [0.1, 0.15) is 88.5 Å². The van der Waals surface area contributed by atoms with E-state index in [4.69, 9.17) is 28.4 Å². The van der Waals surface area contributed by atoms with Crippen LogP contribution in [0.4, 0.5) is 0 Å². The fourth-order valence-corrected chi connectivity index (χ4v) is 6.05. The number of Topliss-reactive ketones (excluding diaryl/α,β-unsaturated/α-hetero) is 2. The third-order valence-electron chi connectivity index (χ3n) is 9.77. The molecule has 0 atom stereocenters. The molecule has 354 valence electrons. The van der Waals surface area contributed by atoms with Crippen LogP contribution in [0, 0.1) is 0 Å². The Balaban J connectivity index is 1.33. The molecule has 0 unspecified atom stereocenters. The largest absolute Gasteiger partial charge is 0.494 e. The van der Waals surface area contributed by atoms with Crippen LogP contribution >= 0.6 is 0 Å². The first-order valence-corrected chi connectivity index (χ1v) is 22.1. The number of unbranched alkanes of at least 4 members (excludes halogenated alkanes) is 2. The SMILES string of the molecule is C=CC(=O)OCCCCOc1ccc(/C=C(\C(C)=O)C(=O)Oc2ccc(/C(CC)=N/N=C(\CC)c3ccc(OC(=O)/C(=C/c4ccc(OCCCCOC(=O)C=C)cc4)C(C)=O)cc3)cc2)cc1. The second-order valence-electron chi connectivity index (χ2n) is 14.8. The molecular formula is C54H56N2O12. The molecule has 0 aromatic heterocycles. The summed E-state index contributed by atoms with van der Waals surface area (Å²) in [6, 6.07) is 27.3. The highest BCUT2D eigenvalue weighted by molar-refractivity contribution is 6.21. The number of nitrogens with zero attached hydrogens (tertiary/aromatic N) is 2. The van der Waals surface area contributed by atoms with E-state index in [0.29, 0.717) is 85.8 Å². The minimum absolute atomic E-state index is 0.126. The molecule has 0 spiro atoms. The number of esters is 4. The average Bonchev–Trinajstić information content (AvgIpc) is 3.34. The first-order chi connectivity index (χ1) is 32.8. The number of hydrogen-bond acceptors (Lipinski definition) is 14. The van der Waals surface area contributed by atoms with Gasteiger partial charge in [0, 0.05) is 12.2 Å². The zero-order valence-electron chi connectivity index (χ0n) is 38.8. The van der Waals surface area contributed by atoms with Crippen LogP contribution in [0.3, 0.4) is 0 Å². The van der Waals surface area contributed by atoms with Gasteiger partial charge in [-0.25, -0.2) is 19.2 Å². The number of ketones is 2. The lowest BCUT2D eigenvalue weighted by atomic mass is 10.1. The minimum atomic E-state index is -0.801. The van der Waals surface area contributed by atoms with Gasteiger partial charge in [-0.05, 0) is 160 Å². The molecule has 0 aliphatic rings. The summed E-state index contributed by atoms with van der Waals surface area (Å²) in [4.78, 5) is 73.5. The van der Waals surface area contributed by atoms with Gasteiger partial charge in [-0.3, -0.25) is 9.59 Å². The topological polar surface area (TPSA) is 183 Å². The van der Waals surface area contributed by atoms with E-state index in [2.05, 4.69) is 23.4 Å². The van der Waals surface area contributed by atoms with Crippen molar-refractivity contribution in [1.82, 2.24) is 0 Å². The van der Waals surface area contributed by atoms with Gasteiger partial charge in [0.1, 0.15) is 34.1 Å². The standard InChI is InChI=1S/C54H56N2O12/c1-7-49(41-19-27-45(28-20-41)67-53(61)47(37(5)57)35-39-15-23-43(24-16-39)63-31-11-13-33-65-51(59)9-3)55-56-50(8-2)42-21-29-46(30-22-42)68-54(62)48(38(6)58)36-40-17-25-44(26-18-40)64-32-12-14-34-66-52(60)10-4/h9-10,15-30,35-36H,3-4,7-8,11-14,31-34H2,1-2,5-6H3/b47-35+,48-36+,55-49+,56-50+. The van der Waals surface area contributed by atoms with Crippen LogP contribution in [0.25, 0.3) is 12.2 Å². The molecule has 4 aromatic rings. The van der Waals surface area contributed by atoms with Gasteiger partial charge in [-0.1, -0.05) is 51.3 Å². The molecule has 0 bridgehead atoms. The van der Waals surface area contributed by atoms with Gasteiger partial charge < -0.3 is 28.4 Å². The molecule has 4 rings (SSSR count). The van der Waals surface area contributed by atoms with Crippen LogP contribution < -0.4 is 18.9 Å². The highest BCUT2D eigenvalue weighted by Gasteiger charge is 2.19. The van der Waals surface area contributed by atoms with E-state index in [-0.39, 0.29) is 35.9 Å². The maximum atomic E-state index is 13.1. The van der Waals surface area contributed by atoms with E-state index in [9.17, 15) is 28.8 Å². The van der Waals surface area contributed by atoms with E-state index < -0.39 is 35.4 Å². The minimum Gasteiger partial charge on any atom is -0.494 e. The zero-order chi connectivity index (χ0) is 49.3. The Hall–Kier alpha value is -8.00. The molecule has 0 amide bonds. The van der Waals surface area contributed by atoms with Gasteiger partial charge in [-0.15, -0.1) is 0 Å². The third-order valence-corrected chi connectivity index (χ3v) is 9.77. The summed E-state index contributed by atoms with van der Waals surface area (Å²) in [7, 11) is 0. The summed E-state index contributed by atoms with van der Waals surface area (Å²) >= 11 is 0. The van der Waals surface area contributed by atoms with Gasteiger partial charge in [-0.2, -0.15) is 10.2 Å². The van der Waals surface area contributed by atoms with E-state index in [1.165, 1.54) is 26.0 Å². The summed E-state index contributed by atoms with van der Waals surface area (Å²) in [5.41, 5.74) is 3.83. The summed E-state index contributed by atoms with van der Waals surface area (Å²) in [6.45, 7) is 14.6. The molecule has 0 aliphatic carbocycles. The number of rotatable bonds is 27. The van der Waals surface area contributed by atoms with E-state index in [0.717, 1.165) is 23.3 Å². The maximum Gasteiger partial charge on any atom is 0.347 e. The molecule has 0 heterocycles. The molecule has 14 heteroatoms. The van der Waals surface area contributed by atoms with Crippen molar-refractivity contribution < 1.29 is 57.2 Å². The highest BCUT2D eigenvalue weighted by atomic mass is 16.5. The molecule has 0 saturated heterocycles. The molecule has 0 N–H and O–H groups in total. The Morgan fingerprint density at radius 2 is 0.794 bits per heavy atom. The van der Waals surface area contributed by atoms with Crippen molar-refractivity contribution in [2.24, 2.45) is 10.2 Å². The van der Waals surface area contributed by atoms with Gasteiger partial charge in [0.2, 0.25) is 0 Å². The van der Waals surface area contributed by atoms with Crippen molar-refractivity contribution in [2.75, 3.05) is 26.4 Å². The van der Waals surface area contributed by atoms with Crippen LogP contribution in [0.2, 0.25) is 0 Å². The lowest BCUT2D eigenvalue weighted by Gasteiger charge is -2.09. The van der Waals surface area contributed by atoms with E-state index >= 15 is 0 Å². The van der Waals surface area contributed by atoms with E-state index in [1.54, 1.807) is 97.1 Å². The highest BCUT2D eigenvalue weighted by Crippen LogP contribution is 2.22. The second-order valence-corrected chi connectivity index (χ2v) is 14.8. The predicted molar refractivity (Wildman–Crippen MR) is 260 cm³/mol. The van der Waals surface area contributed by atoms with Crippen LogP contribution in [0.15, 0.2) is 144 Å². The summed E-state index contributed by atoms with van der Waals surface area (Å²) < 4.78 is 32.5. The Morgan fingerprint density at radius 1 is 0.471 bits per heavy atom. The summed E-state index contributed by atoms with van der Waals surface area (Å²) in [6.07, 6.45) is 8.89. The molecule has 14 nitrogen and oxygen atoms in total. The Morgan fingerprint density at radius 3 is 1.10 bits per heavy atom. The van der Waals surface area contributed by atoms with E-state index in [1.807, 2.05) is 13.8 Å². The van der Waals surface area contributed by atoms with Gasteiger partial charge in [0.25, 0.3) is 0 Å². The molecule has 68 heavy (non-hydrogen) atoms. The maximum absolute atomic E-state index is 13.1. The molecule has 4 aromatic carbocycles. The molecule has 0 radical (unpaired) electrons. The monoisotopic (exact) mass is 924 g/mol. The lowest BCUT2D eigenvalue weighted by Crippen LogP contribution is -2.16. The summed E-state index contributed by atoms with van der Waals surface area (Å²) in [5, 5.41) is 9.09.